The van der Waals surface area contributed by atoms with Gasteiger partial charge in [-0.05, 0) is 124 Å². The topological polar surface area (TPSA) is 43.7 Å². The number of phenolic OH excluding ortho intramolecular Hbond substituents is 1. The van der Waals surface area contributed by atoms with Crippen LogP contribution in [0.3, 0.4) is 0 Å². The zero-order chi connectivity index (χ0) is 28.7. The summed E-state index contributed by atoms with van der Waals surface area (Å²) in [5, 5.41) is 17.5. The molecule has 7 unspecified atom stereocenters. The minimum absolute atomic E-state index is 0.173. The normalized spacial score (nSPS) is 39.2. The molecule has 2 aromatic carbocycles. The lowest BCUT2D eigenvalue weighted by Crippen LogP contribution is -2.63. The fraction of sp³-hybridized carbons (Fsp3) is 0.632. The summed E-state index contributed by atoms with van der Waals surface area (Å²) < 4.78 is 2.73. The van der Waals surface area contributed by atoms with Crippen molar-refractivity contribution in [3.8, 4) is 5.75 Å². The SMILES string of the molecule is CCC12CCCN3CCc4c(n(c5ccccc45)C(c4cc5c(cc4O)NC4CCC6(CC)CCCN7CCC54C76)C1)C32. The van der Waals surface area contributed by atoms with E-state index in [0.29, 0.717) is 29.3 Å². The van der Waals surface area contributed by atoms with Gasteiger partial charge in [0, 0.05) is 58.0 Å². The quantitative estimate of drug-likeness (QED) is 0.339. The molecule has 7 heterocycles. The number of anilines is 1. The average molecular weight is 577 g/mol. The number of hydrogen-bond donors (Lipinski definition) is 2. The third-order valence-corrected chi connectivity index (χ3v) is 14.6. The fourth-order valence-corrected chi connectivity index (χ4v) is 12.9. The number of benzene rings is 2. The van der Waals surface area contributed by atoms with Crippen molar-refractivity contribution in [2.75, 3.05) is 31.5 Å². The molecule has 5 heteroatoms. The highest BCUT2D eigenvalue weighted by molar-refractivity contribution is 5.87. The van der Waals surface area contributed by atoms with Crippen molar-refractivity contribution in [1.82, 2.24) is 14.4 Å². The number of nitrogens with one attached hydrogen (secondary N) is 1. The first-order chi connectivity index (χ1) is 21.0. The molecule has 1 spiro atoms. The number of rotatable bonds is 3. The van der Waals surface area contributed by atoms with Crippen molar-refractivity contribution >= 4 is 16.6 Å². The molecule has 5 nitrogen and oxygen atoms in total. The first kappa shape index (κ1) is 25.8. The second-order valence-corrected chi connectivity index (χ2v) is 15.7. The molecule has 10 rings (SSSR count). The van der Waals surface area contributed by atoms with Gasteiger partial charge >= 0.3 is 0 Å². The molecular weight excluding hydrogens is 528 g/mol. The van der Waals surface area contributed by atoms with Crippen LogP contribution in [0.4, 0.5) is 5.69 Å². The van der Waals surface area contributed by atoms with Gasteiger partial charge in [0.05, 0.1) is 12.1 Å². The van der Waals surface area contributed by atoms with E-state index in [-0.39, 0.29) is 16.9 Å². The second-order valence-electron chi connectivity index (χ2n) is 15.7. The molecular formula is C38H48N4O. The van der Waals surface area contributed by atoms with Crippen LogP contribution in [-0.2, 0) is 11.8 Å². The Kier molecular flexibility index (Phi) is 5.16. The molecule has 0 radical (unpaired) electrons. The van der Waals surface area contributed by atoms with Crippen LogP contribution in [0.25, 0.3) is 10.9 Å². The molecule has 2 N–H and O–H groups in total. The lowest BCUT2D eigenvalue weighted by molar-refractivity contribution is -0.0322. The number of fused-ring (bicyclic) bond motifs is 4. The largest absolute Gasteiger partial charge is 0.508 e. The molecule has 3 saturated heterocycles. The average Bonchev–Trinajstić information content (AvgIpc) is 3.70. The number of nitrogens with zero attached hydrogens (tertiary/aromatic N) is 3. The van der Waals surface area contributed by atoms with Crippen LogP contribution in [0.5, 0.6) is 5.75 Å². The van der Waals surface area contributed by atoms with Crippen LogP contribution in [0.15, 0.2) is 36.4 Å². The lowest BCUT2D eigenvalue weighted by Gasteiger charge is -2.58. The zero-order valence-electron chi connectivity index (χ0n) is 26.2. The van der Waals surface area contributed by atoms with Crippen LogP contribution in [0.1, 0.15) is 113 Å². The molecule has 4 fully saturated rings. The zero-order valence-corrected chi connectivity index (χ0v) is 26.2. The van der Waals surface area contributed by atoms with Gasteiger partial charge in [-0.2, -0.15) is 0 Å². The van der Waals surface area contributed by atoms with Crippen molar-refractivity contribution in [3.63, 3.8) is 0 Å². The first-order valence-electron chi connectivity index (χ1n) is 17.8. The van der Waals surface area contributed by atoms with Crippen LogP contribution >= 0.6 is 0 Å². The molecule has 7 aliphatic rings. The summed E-state index contributed by atoms with van der Waals surface area (Å²) in [6.45, 7) is 9.84. The van der Waals surface area contributed by atoms with E-state index in [4.69, 9.17) is 0 Å². The van der Waals surface area contributed by atoms with Gasteiger partial charge in [-0.3, -0.25) is 9.80 Å². The van der Waals surface area contributed by atoms with E-state index in [9.17, 15) is 5.11 Å². The number of aromatic hydroxyl groups is 1. The van der Waals surface area contributed by atoms with Gasteiger partial charge in [0.1, 0.15) is 5.75 Å². The van der Waals surface area contributed by atoms with E-state index < -0.39 is 0 Å². The maximum absolute atomic E-state index is 12.0. The second kappa shape index (κ2) is 8.60. The Labute approximate surface area is 256 Å². The predicted molar refractivity (Wildman–Crippen MR) is 173 cm³/mol. The highest BCUT2D eigenvalue weighted by Crippen LogP contribution is 2.66. The van der Waals surface area contributed by atoms with Crippen molar-refractivity contribution in [1.29, 1.82) is 0 Å². The van der Waals surface area contributed by atoms with E-state index >= 15 is 0 Å². The summed E-state index contributed by atoms with van der Waals surface area (Å²) in [6, 6.07) is 15.7. The fourth-order valence-electron chi connectivity index (χ4n) is 12.9. The Balaban J connectivity index is 1.20. The van der Waals surface area contributed by atoms with E-state index in [1.54, 1.807) is 16.8 Å². The van der Waals surface area contributed by atoms with Crippen LogP contribution in [-0.4, -0.2) is 57.7 Å². The summed E-state index contributed by atoms with van der Waals surface area (Å²) in [4.78, 5) is 5.73. The Bertz CT molecular complexity index is 1660. The number of phenols is 1. The van der Waals surface area contributed by atoms with Crippen molar-refractivity contribution in [2.24, 2.45) is 10.8 Å². The van der Waals surface area contributed by atoms with Gasteiger partial charge in [-0.25, -0.2) is 0 Å². The van der Waals surface area contributed by atoms with E-state index in [2.05, 4.69) is 69.9 Å². The molecule has 6 aliphatic heterocycles. The summed E-state index contributed by atoms with van der Waals surface area (Å²) in [6.07, 6.45) is 14.0. The summed E-state index contributed by atoms with van der Waals surface area (Å²) in [5.41, 5.74) is 9.40. The summed E-state index contributed by atoms with van der Waals surface area (Å²) in [5.74, 6) is 0.506. The van der Waals surface area contributed by atoms with E-state index in [0.717, 1.165) is 12.8 Å². The number of hydrogen-bond acceptors (Lipinski definition) is 4. The summed E-state index contributed by atoms with van der Waals surface area (Å²) in [7, 11) is 0. The van der Waals surface area contributed by atoms with Gasteiger partial charge in [0.25, 0.3) is 0 Å². The van der Waals surface area contributed by atoms with Crippen LogP contribution in [0.2, 0.25) is 0 Å². The Morgan fingerprint density at radius 2 is 1.72 bits per heavy atom. The minimum Gasteiger partial charge on any atom is -0.508 e. The molecule has 1 aromatic heterocycles. The Hall–Kier alpha value is -2.50. The molecule has 7 atom stereocenters. The van der Waals surface area contributed by atoms with Gasteiger partial charge in [0.2, 0.25) is 0 Å². The highest BCUT2D eigenvalue weighted by atomic mass is 16.3. The van der Waals surface area contributed by atoms with Crippen LogP contribution < -0.4 is 5.32 Å². The lowest BCUT2D eigenvalue weighted by atomic mass is 9.52. The molecule has 43 heavy (non-hydrogen) atoms. The van der Waals surface area contributed by atoms with Crippen LogP contribution in [0, 0.1) is 10.8 Å². The molecule has 0 amide bonds. The number of para-hydroxylation sites is 1. The maximum atomic E-state index is 12.0. The first-order valence-corrected chi connectivity index (χ1v) is 17.8. The molecule has 226 valence electrons. The van der Waals surface area contributed by atoms with Gasteiger partial charge in [0.15, 0.2) is 0 Å². The van der Waals surface area contributed by atoms with Gasteiger partial charge < -0.3 is 15.0 Å². The van der Waals surface area contributed by atoms with E-state index in [1.165, 1.54) is 106 Å². The number of aromatic nitrogens is 1. The number of piperidine rings is 2. The van der Waals surface area contributed by atoms with Crippen molar-refractivity contribution in [3.05, 3.63) is 58.8 Å². The Morgan fingerprint density at radius 1 is 0.907 bits per heavy atom. The third-order valence-electron chi connectivity index (χ3n) is 14.6. The molecule has 0 bridgehead atoms. The van der Waals surface area contributed by atoms with Crippen molar-refractivity contribution < 1.29 is 5.11 Å². The summed E-state index contributed by atoms with van der Waals surface area (Å²) >= 11 is 0. The van der Waals surface area contributed by atoms with Gasteiger partial charge in [-0.15, -0.1) is 0 Å². The maximum Gasteiger partial charge on any atom is 0.122 e. The molecule has 3 aromatic rings. The standard InChI is InChI=1S/C38H48N4O/c1-3-36-13-7-18-41-20-16-38(35(36)41)27-21-26(31(43)22-28(27)39-32(38)11-15-36)30-23-37(4-2)14-8-17-40-19-12-25-24-9-5-6-10-29(24)42(30)33(25)34(37)40/h5-6,9-10,21-22,30,32,34-35,39,43H,3-4,7-8,11-20,23H2,1-2H3. The smallest absolute Gasteiger partial charge is 0.122 e. The molecule has 1 saturated carbocycles. The molecule has 1 aliphatic carbocycles. The Morgan fingerprint density at radius 3 is 2.58 bits per heavy atom. The highest BCUT2D eigenvalue weighted by Gasteiger charge is 2.66. The van der Waals surface area contributed by atoms with Crippen molar-refractivity contribution in [2.45, 2.75) is 114 Å². The third kappa shape index (κ3) is 2.98. The minimum atomic E-state index is 0.173. The predicted octanol–water partition coefficient (Wildman–Crippen LogP) is 7.52. The monoisotopic (exact) mass is 576 g/mol. The van der Waals surface area contributed by atoms with Gasteiger partial charge in [-0.1, -0.05) is 32.0 Å². The van der Waals surface area contributed by atoms with E-state index in [1.807, 2.05) is 0 Å².